The Bertz CT molecular complexity index is 1230. The second kappa shape index (κ2) is 9.18. The predicted molar refractivity (Wildman–Crippen MR) is 123 cm³/mol. The van der Waals surface area contributed by atoms with Crippen LogP contribution in [0.15, 0.2) is 71.9 Å². The van der Waals surface area contributed by atoms with Crippen molar-refractivity contribution in [2.45, 2.75) is 23.8 Å². The third kappa shape index (κ3) is 4.56. The van der Waals surface area contributed by atoms with Gasteiger partial charge in [-0.05, 0) is 66.9 Å². The molecular weight excluding hydrogens is 450 g/mol. The maximum Gasteiger partial charge on any atom is 0.262 e. The summed E-state index contributed by atoms with van der Waals surface area (Å²) in [7, 11) is -2.54. The Morgan fingerprint density at radius 3 is 2.69 bits per heavy atom. The summed E-state index contributed by atoms with van der Waals surface area (Å²) in [6, 6.07) is 14.4. The summed E-state index contributed by atoms with van der Waals surface area (Å²) in [5, 5.41) is 0.364. The van der Waals surface area contributed by atoms with Gasteiger partial charge in [-0.15, -0.1) is 0 Å². The molecule has 166 valence electrons. The van der Waals surface area contributed by atoms with Crippen LogP contribution in [0.25, 0.3) is 0 Å². The first-order valence-electron chi connectivity index (χ1n) is 10.1. The molecule has 9 heteroatoms. The standard InChI is InChI=1S/C23H22ClN3O4S/c1-31-22-8-7-18(24)15-20(22)26-32(29,30)19-5-2-4-17(14-19)23(28)27-13-3-6-21(27)16-9-11-25-12-10-16/h2,4-5,7-12,14-15,21,26H,3,6,13H2,1H3/t21-/m1/s1. The van der Waals surface area contributed by atoms with E-state index in [1.165, 1.54) is 25.3 Å². The van der Waals surface area contributed by atoms with E-state index in [4.69, 9.17) is 16.3 Å². The molecule has 7 nitrogen and oxygen atoms in total. The maximum atomic E-state index is 13.3. The van der Waals surface area contributed by atoms with Crippen molar-refractivity contribution in [1.82, 2.24) is 9.88 Å². The summed E-state index contributed by atoms with van der Waals surface area (Å²) >= 11 is 6.01. The average molecular weight is 472 g/mol. The number of hydrogen-bond acceptors (Lipinski definition) is 5. The molecule has 1 aromatic heterocycles. The Hall–Kier alpha value is -3.10. The fourth-order valence-corrected chi connectivity index (χ4v) is 5.15. The summed E-state index contributed by atoms with van der Waals surface area (Å²) in [6.45, 7) is 0.612. The van der Waals surface area contributed by atoms with E-state index < -0.39 is 10.0 Å². The van der Waals surface area contributed by atoms with Crippen LogP contribution in [0.1, 0.15) is 34.8 Å². The van der Waals surface area contributed by atoms with Crippen LogP contribution in [-0.4, -0.2) is 37.9 Å². The highest BCUT2D eigenvalue weighted by Gasteiger charge is 2.31. The van der Waals surface area contributed by atoms with Crippen molar-refractivity contribution in [2.75, 3.05) is 18.4 Å². The fraction of sp³-hybridized carbons (Fsp3) is 0.217. The second-order valence-corrected chi connectivity index (χ2v) is 9.53. The van der Waals surface area contributed by atoms with Crippen molar-refractivity contribution in [3.63, 3.8) is 0 Å². The summed E-state index contributed by atoms with van der Waals surface area (Å²) in [6.07, 6.45) is 5.15. The SMILES string of the molecule is COc1ccc(Cl)cc1NS(=O)(=O)c1cccc(C(=O)N2CCC[C@@H]2c2ccncc2)c1. The highest BCUT2D eigenvalue weighted by atomic mass is 35.5. The van der Waals surface area contributed by atoms with Crippen LogP contribution in [0, 0.1) is 0 Å². The Labute approximate surface area is 192 Å². The first-order chi connectivity index (χ1) is 15.4. The Morgan fingerprint density at radius 1 is 1.16 bits per heavy atom. The lowest BCUT2D eigenvalue weighted by molar-refractivity contribution is 0.0735. The van der Waals surface area contributed by atoms with Crippen molar-refractivity contribution in [3.05, 3.63) is 83.1 Å². The minimum atomic E-state index is -3.98. The molecule has 1 aliphatic heterocycles. The first kappa shape index (κ1) is 22.1. The molecule has 0 bridgehead atoms. The second-order valence-electron chi connectivity index (χ2n) is 7.42. The van der Waals surface area contributed by atoms with E-state index in [1.807, 2.05) is 12.1 Å². The van der Waals surface area contributed by atoms with Crippen molar-refractivity contribution < 1.29 is 17.9 Å². The summed E-state index contributed by atoms with van der Waals surface area (Å²) in [5.41, 5.74) is 1.55. The number of hydrogen-bond donors (Lipinski definition) is 1. The molecule has 4 rings (SSSR count). The zero-order chi connectivity index (χ0) is 22.7. The zero-order valence-electron chi connectivity index (χ0n) is 17.4. The van der Waals surface area contributed by atoms with Gasteiger partial charge >= 0.3 is 0 Å². The molecule has 1 amide bonds. The predicted octanol–water partition coefficient (Wildman–Crippen LogP) is 4.52. The quantitative estimate of drug-likeness (QED) is 0.571. The lowest BCUT2D eigenvalue weighted by Gasteiger charge is -2.25. The average Bonchev–Trinajstić information content (AvgIpc) is 3.29. The van der Waals surface area contributed by atoms with Crippen LogP contribution in [0.5, 0.6) is 5.75 Å². The molecule has 1 aliphatic rings. The Balaban J connectivity index is 1.61. The van der Waals surface area contributed by atoms with Gasteiger partial charge in [-0.3, -0.25) is 14.5 Å². The van der Waals surface area contributed by atoms with Gasteiger partial charge in [0, 0.05) is 29.5 Å². The van der Waals surface area contributed by atoms with Crippen LogP contribution >= 0.6 is 11.6 Å². The van der Waals surface area contributed by atoms with Gasteiger partial charge in [0.2, 0.25) is 0 Å². The van der Waals surface area contributed by atoms with Crippen molar-refractivity contribution in [3.8, 4) is 5.75 Å². The summed E-state index contributed by atoms with van der Waals surface area (Å²) in [4.78, 5) is 19.1. The number of methoxy groups -OCH3 is 1. The first-order valence-corrected chi connectivity index (χ1v) is 11.9. The lowest BCUT2D eigenvalue weighted by Crippen LogP contribution is -2.30. The number of anilines is 1. The van der Waals surface area contributed by atoms with Gasteiger partial charge in [-0.1, -0.05) is 17.7 Å². The monoisotopic (exact) mass is 471 g/mol. The van der Waals surface area contributed by atoms with E-state index >= 15 is 0 Å². The molecule has 0 spiro atoms. The van der Waals surface area contributed by atoms with E-state index in [2.05, 4.69) is 9.71 Å². The molecule has 0 aliphatic carbocycles. The van der Waals surface area contributed by atoms with E-state index in [9.17, 15) is 13.2 Å². The van der Waals surface area contributed by atoms with Gasteiger partial charge in [0.15, 0.2) is 0 Å². The molecule has 2 heterocycles. The van der Waals surface area contributed by atoms with Crippen molar-refractivity contribution in [1.29, 1.82) is 0 Å². The van der Waals surface area contributed by atoms with E-state index in [0.717, 1.165) is 18.4 Å². The third-order valence-electron chi connectivity index (χ3n) is 5.40. The number of benzene rings is 2. The summed E-state index contributed by atoms with van der Waals surface area (Å²) in [5.74, 6) is 0.129. The number of carbonyl (C=O) groups is 1. The molecule has 2 aromatic carbocycles. The van der Waals surface area contributed by atoms with Gasteiger partial charge < -0.3 is 9.64 Å². The van der Waals surface area contributed by atoms with E-state index in [1.54, 1.807) is 41.6 Å². The molecule has 0 radical (unpaired) electrons. The zero-order valence-corrected chi connectivity index (χ0v) is 18.9. The van der Waals surface area contributed by atoms with Crippen LogP contribution in [0.3, 0.4) is 0 Å². The highest BCUT2D eigenvalue weighted by molar-refractivity contribution is 7.92. The molecule has 32 heavy (non-hydrogen) atoms. The van der Waals surface area contributed by atoms with Gasteiger partial charge in [0.05, 0.1) is 23.7 Å². The van der Waals surface area contributed by atoms with Crippen LogP contribution in [0.4, 0.5) is 5.69 Å². The number of sulfonamides is 1. The number of carbonyl (C=O) groups excluding carboxylic acids is 1. The molecule has 1 atom stereocenters. The number of nitrogens with zero attached hydrogens (tertiary/aromatic N) is 2. The number of amides is 1. The van der Waals surface area contributed by atoms with Crippen molar-refractivity contribution >= 4 is 33.2 Å². The molecular formula is C23H22ClN3O4S. The number of ether oxygens (including phenoxy) is 1. The van der Waals surface area contributed by atoms with Gasteiger partial charge in [-0.2, -0.15) is 0 Å². The highest BCUT2D eigenvalue weighted by Crippen LogP contribution is 2.33. The normalized spacial score (nSPS) is 16.1. The Kier molecular flexibility index (Phi) is 6.34. The number of halogens is 1. The minimum Gasteiger partial charge on any atom is -0.495 e. The Morgan fingerprint density at radius 2 is 1.94 bits per heavy atom. The number of aromatic nitrogens is 1. The minimum absolute atomic E-state index is 0.0231. The van der Waals surface area contributed by atoms with Gasteiger partial charge in [-0.25, -0.2) is 8.42 Å². The molecule has 3 aromatic rings. The largest absolute Gasteiger partial charge is 0.495 e. The number of pyridine rings is 1. The molecule has 0 unspecified atom stereocenters. The van der Waals surface area contributed by atoms with Crippen molar-refractivity contribution in [2.24, 2.45) is 0 Å². The van der Waals surface area contributed by atoms with Crippen LogP contribution < -0.4 is 9.46 Å². The van der Waals surface area contributed by atoms with Crippen LogP contribution in [-0.2, 0) is 10.0 Å². The molecule has 1 N–H and O–H groups in total. The molecule has 0 saturated carbocycles. The van der Waals surface area contributed by atoms with E-state index in [-0.39, 0.29) is 22.5 Å². The lowest BCUT2D eigenvalue weighted by atomic mass is 10.1. The van der Waals surface area contributed by atoms with Crippen LogP contribution in [0.2, 0.25) is 5.02 Å². The topological polar surface area (TPSA) is 88.6 Å². The van der Waals surface area contributed by atoms with Gasteiger partial charge in [0.1, 0.15) is 5.75 Å². The molecule has 1 fully saturated rings. The fourth-order valence-electron chi connectivity index (χ4n) is 3.87. The summed E-state index contributed by atoms with van der Waals surface area (Å²) < 4.78 is 33.8. The maximum absolute atomic E-state index is 13.3. The number of likely N-dealkylation sites (tertiary alicyclic amines) is 1. The molecule has 1 saturated heterocycles. The van der Waals surface area contributed by atoms with Gasteiger partial charge in [0.25, 0.3) is 15.9 Å². The number of nitrogens with one attached hydrogen (secondary N) is 1. The van der Waals surface area contributed by atoms with E-state index in [0.29, 0.717) is 22.9 Å². The smallest absolute Gasteiger partial charge is 0.262 e. The number of rotatable bonds is 6. The third-order valence-corrected chi connectivity index (χ3v) is 7.00.